The maximum Gasteiger partial charge on any atom is 0.317 e. The number of carboxylic acid groups (broad SMARTS) is 1. The molecule has 9 nitrogen and oxygen atoms in total. The average molecular weight is 328 g/mol. The number of hydrogen-bond acceptors (Lipinski definition) is 7. The Morgan fingerprint density at radius 1 is 1.45 bits per heavy atom. The molecule has 2 aromatic rings. The monoisotopic (exact) mass is 327 g/mol. The summed E-state index contributed by atoms with van der Waals surface area (Å²) in [5.41, 5.74) is 5.62. The Kier molecular flexibility index (Phi) is 4.18. The van der Waals surface area contributed by atoms with E-state index >= 15 is 0 Å². The first kappa shape index (κ1) is 16.0. The predicted octanol–water partition coefficient (Wildman–Crippen LogP) is 0.815. The van der Waals surface area contributed by atoms with Gasteiger partial charge in [-0.15, -0.1) is 0 Å². The molecule has 3 N–H and O–H groups in total. The number of imidazole rings is 1. The predicted molar refractivity (Wildman–Crippen MR) is 77.3 cm³/mol. The van der Waals surface area contributed by atoms with Gasteiger partial charge in [0, 0.05) is 0 Å². The first-order valence-corrected chi connectivity index (χ1v) is 6.62. The van der Waals surface area contributed by atoms with Gasteiger partial charge in [0.1, 0.15) is 18.5 Å². The lowest BCUT2D eigenvalue weighted by Crippen LogP contribution is -2.33. The van der Waals surface area contributed by atoms with Crippen molar-refractivity contribution in [3.05, 3.63) is 11.5 Å². The number of nitrogen functional groups attached to an aromatic ring is 1. The third-order valence-corrected chi connectivity index (χ3v) is 3.17. The second kappa shape index (κ2) is 5.76. The molecule has 118 valence electrons. The third-order valence-electron chi connectivity index (χ3n) is 2.90. The molecule has 0 amide bonds. The highest BCUT2D eigenvalue weighted by Crippen LogP contribution is 2.25. The highest BCUT2D eigenvalue weighted by molar-refractivity contribution is 6.33. The summed E-state index contributed by atoms with van der Waals surface area (Å²) in [7, 11) is 0. The van der Waals surface area contributed by atoms with Crippen LogP contribution in [0, 0.1) is 0 Å². The molecule has 0 bridgehead atoms. The van der Waals surface area contributed by atoms with Crippen LogP contribution in [0.5, 0.6) is 0 Å². The van der Waals surface area contributed by atoms with Gasteiger partial charge in [-0.2, -0.15) is 9.97 Å². The fraction of sp³-hybridized carbons (Fsp3) is 0.417. The van der Waals surface area contributed by atoms with Crippen LogP contribution < -0.4 is 5.73 Å². The standard InChI is InChI=1S/C12H14ClN5O4/c1-12(2,4-22-7(21)3-6(19)20)18-5-15-8-9(13)16-11(14)17-10(8)18/h5H,3-4H2,1-2H3,(H,19,20)(H2,14,16,17). The van der Waals surface area contributed by atoms with Gasteiger partial charge >= 0.3 is 11.9 Å². The Hall–Kier alpha value is -2.42. The minimum absolute atomic E-state index is 0.00192. The second-order valence-corrected chi connectivity index (χ2v) is 5.56. The zero-order valence-electron chi connectivity index (χ0n) is 11.9. The van der Waals surface area contributed by atoms with Gasteiger partial charge in [0.05, 0.1) is 11.9 Å². The lowest BCUT2D eigenvalue weighted by atomic mass is 10.1. The van der Waals surface area contributed by atoms with Crippen molar-refractivity contribution in [1.82, 2.24) is 19.5 Å². The van der Waals surface area contributed by atoms with Gasteiger partial charge in [-0.3, -0.25) is 9.59 Å². The minimum Gasteiger partial charge on any atom is -0.481 e. The quantitative estimate of drug-likeness (QED) is 0.468. The van der Waals surface area contributed by atoms with Crippen molar-refractivity contribution in [1.29, 1.82) is 0 Å². The number of carbonyl (C=O) groups excluding carboxylic acids is 1. The Bertz CT molecular complexity index is 742. The van der Waals surface area contributed by atoms with E-state index in [1.54, 1.807) is 18.4 Å². The van der Waals surface area contributed by atoms with Gasteiger partial charge in [-0.05, 0) is 13.8 Å². The van der Waals surface area contributed by atoms with Gasteiger partial charge < -0.3 is 20.1 Å². The number of nitrogens with zero attached hydrogens (tertiary/aromatic N) is 4. The van der Waals surface area contributed by atoms with Crippen LogP contribution >= 0.6 is 11.6 Å². The van der Waals surface area contributed by atoms with E-state index in [1.165, 1.54) is 6.33 Å². The van der Waals surface area contributed by atoms with Crippen LogP contribution in [-0.2, 0) is 19.9 Å². The summed E-state index contributed by atoms with van der Waals surface area (Å²) >= 11 is 5.95. The molecule has 0 aliphatic carbocycles. The molecule has 0 saturated heterocycles. The maximum absolute atomic E-state index is 11.3. The Morgan fingerprint density at radius 2 is 2.14 bits per heavy atom. The molecule has 0 spiro atoms. The highest BCUT2D eigenvalue weighted by Gasteiger charge is 2.26. The van der Waals surface area contributed by atoms with Crippen molar-refractivity contribution in [2.75, 3.05) is 12.3 Å². The molecule has 0 fully saturated rings. The maximum atomic E-state index is 11.3. The minimum atomic E-state index is -1.25. The van der Waals surface area contributed by atoms with Crippen molar-refractivity contribution in [3.63, 3.8) is 0 Å². The van der Waals surface area contributed by atoms with Gasteiger partial charge in [0.25, 0.3) is 0 Å². The molecule has 10 heteroatoms. The molecule has 0 aliphatic rings. The molecule has 0 atom stereocenters. The summed E-state index contributed by atoms with van der Waals surface area (Å²) in [5, 5.41) is 8.66. The van der Waals surface area contributed by atoms with E-state index in [0.717, 1.165) is 0 Å². The van der Waals surface area contributed by atoms with Crippen molar-refractivity contribution < 1.29 is 19.4 Å². The SMILES string of the molecule is CC(C)(COC(=O)CC(=O)O)n1cnc2c(Cl)nc(N)nc21. The van der Waals surface area contributed by atoms with Gasteiger partial charge in [-0.25, -0.2) is 4.98 Å². The van der Waals surface area contributed by atoms with Crippen molar-refractivity contribution >= 4 is 40.7 Å². The summed E-state index contributed by atoms with van der Waals surface area (Å²) in [5.74, 6) is -2.07. The summed E-state index contributed by atoms with van der Waals surface area (Å²) in [4.78, 5) is 33.8. The van der Waals surface area contributed by atoms with E-state index in [0.29, 0.717) is 11.2 Å². The zero-order valence-corrected chi connectivity index (χ0v) is 12.7. The topological polar surface area (TPSA) is 133 Å². The molecule has 0 aromatic carbocycles. The van der Waals surface area contributed by atoms with E-state index < -0.39 is 23.9 Å². The number of ether oxygens (including phenoxy) is 1. The molecule has 2 rings (SSSR count). The Labute approximate surface area is 130 Å². The summed E-state index contributed by atoms with van der Waals surface area (Å²) < 4.78 is 6.61. The van der Waals surface area contributed by atoms with Crippen LogP contribution in [0.3, 0.4) is 0 Å². The molecule has 0 unspecified atom stereocenters. The van der Waals surface area contributed by atoms with Gasteiger partial charge in [-0.1, -0.05) is 11.6 Å². The first-order chi connectivity index (χ1) is 10.2. The smallest absolute Gasteiger partial charge is 0.317 e. The number of nitrogens with two attached hydrogens (primary N) is 1. The number of carbonyl (C=O) groups is 2. The van der Waals surface area contributed by atoms with Gasteiger partial charge in [0.15, 0.2) is 10.8 Å². The van der Waals surface area contributed by atoms with Crippen LogP contribution in [-0.4, -0.2) is 43.2 Å². The first-order valence-electron chi connectivity index (χ1n) is 6.24. The van der Waals surface area contributed by atoms with E-state index in [-0.39, 0.29) is 17.7 Å². The average Bonchev–Trinajstić information content (AvgIpc) is 2.80. The van der Waals surface area contributed by atoms with E-state index in [9.17, 15) is 9.59 Å². The Balaban J connectivity index is 2.26. The zero-order chi connectivity index (χ0) is 16.5. The summed E-state index contributed by atoms with van der Waals surface area (Å²) in [6.07, 6.45) is 0.789. The lowest BCUT2D eigenvalue weighted by Gasteiger charge is -2.26. The molecule has 0 saturated carbocycles. The van der Waals surface area contributed by atoms with Crippen molar-refractivity contribution in [2.24, 2.45) is 0 Å². The normalized spacial score (nSPS) is 11.6. The van der Waals surface area contributed by atoms with Crippen LogP contribution in [0.25, 0.3) is 11.2 Å². The van der Waals surface area contributed by atoms with Crippen molar-refractivity contribution in [3.8, 4) is 0 Å². The molecule has 2 aromatic heterocycles. The number of carboxylic acids is 1. The molecular weight excluding hydrogens is 314 g/mol. The number of hydrogen-bond donors (Lipinski definition) is 2. The summed E-state index contributed by atoms with van der Waals surface area (Å²) in [6, 6.07) is 0. The number of fused-ring (bicyclic) bond motifs is 1. The number of aliphatic carboxylic acids is 1. The van der Waals surface area contributed by atoms with E-state index in [4.69, 9.17) is 27.2 Å². The van der Waals surface area contributed by atoms with E-state index in [2.05, 4.69) is 15.0 Å². The molecule has 0 radical (unpaired) electrons. The lowest BCUT2D eigenvalue weighted by molar-refractivity contribution is -0.153. The number of esters is 1. The van der Waals surface area contributed by atoms with Gasteiger partial charge in [0.2, 0.25) is 5.95 Å². The number of anilines is 1. The fourth-order valence-corrected chi connectivity index (χ4v) is 2.05. The van der Waals surface area contributed by atoms with Crippen LogP contribution in [0.15, 0.2) is 6.33 Å². The molecule has 2 heterocycles. The van der Waals surface area contributed by atoms with Crippen LogP contribution in [0.4, 0.5) is 5.95 Å². The number of rotatable bonds is 5. The van der Waals surface area contributed by atoms with Crippen molar-refractivity contribution in [2.45, 2.75) is 25.8 Å². The second-order valence-electron chi connectivity index (χ2n) is 5.20. The third kappa shape index (κ3) is 3.25. The van der Waals surface area contributed by atoms with Crippen LogP contribution in [0.2, 0.25) is 5.15 Å². The number of aromatic nitrogens is 4. The fourth-order valence-electron chi connectivity index (χ4n) is 1.83. The number of halogens is 1. The van der Waals surface area contributed by atoms with Crippen LogP contribution in [0.1, 0.15) is 20.3 Å². The Morgan fingerprint density at radius 3 is 2.77 bits per heavy atom. The molecular formula is C12H14ClN5O4. The highest BCUT2D eigenvalue weighted by atomic mass is 35.5. The largest absolute Gasteiger partial charge is 0.481 e. The van der Waals surface area contributed by atoms with E-state index in [1.807, 2.05) is 0 Å². The molecule has 22 heavy (non-hydrogen) atoms. The molecule has 0 aliphatic heterocycles. The summed E-state index contributed by atoms with van der Waals surface area (Å²) in [6.45, 7) is 3.48.